The van der Waals surface area contributed by atoms with Gasteiger partial charge in [0.25, 0.3) is 0 Å². The number of amides is 2. The van der Waals surface area contributed by atoms with E-state index in [1.165, 1.54) is 6.21 Å². The number of ether oxygens (including phenoxy) is 1. The molecule has 0 fully saturated rings. The van der Waals surface area contributed by atoms with Gasteiger partial charge in [-0.05, 0) is 48.0 Å². The minimum Gasteiger partial charge on any atom is -0.422 e. The van der Waals surface area contributed by atoms with Crippen molar-refractivity contribution >= 4 is 52.1 Å². The van der Waals surface area contributed by atoms with Crippen molar-refractivity contribution in [3.63, 3.8) is 0 Å². The molecule has 0 unspecified atom stereocenters. The highest BCUT2D eigenvalue weighted by Crippen LogP contribution is 2.27. The fraction of sp³-hybridized carbons (Fsp3) is 0.0370. The number of carbonyl (C=O) groups is 3. The summed E-state index contributed by atoms with van der Waals surface area (Å²) >= 11 is 6.01. The Kier molecular flexibility index (Phi) is 7.18. The summed E-state index contributed by atoms with van der Waals surface area (Å²) in [5.74, 6) is -2.19. The van der Waals surface area contributed by atoms with Gasteiger partial charge >= 0.3 is 17.8 Å². The number of anilines is 1. The van der Waals surface area contributed by atoms with Crippen LogP contribution in [0.1, 0.15) is 21.5 Å². The normalized spacial score (nSPS) is 10.8. The molecule has 0 spiro atoms. The molecule has 4 aromatic carbocycles. The number of fused-ring (bicyclic) bond motifs is 1. The zero-order valence-corrected chi connectivity index (χ0v) is 19.4. The number of esters is 1. The summed E-state index contributed by atoms with van der Waals surface area (Å²) < 4.78 is 5.66. The quantitative estimate of drug-likeness (QED) is 0.135. The Bertz CT molecular complexity index is 1470. The lowest BCUT2D eigenvalue weighted by Crippen LogP contribution is -2.32. The van der Waals surface area contributed by atoms with E-state index in [1.54, 1.807) is 48.5 Å². The molecular weight excluding hydrogens is 466 g/mol. The Morgan fingerprint density at radius 2 is 1.66 bits per heavy atom. The number of para-hydroxylation sites is 1. The summed E-state index contributed by atoms with van der Waals surface area (Å²) in [6.45, 7) is 1.88. The Morgan fingerprint density at radius 3 is 2.46 bits per heavy atom. The molecule has 0 radical (unpaired) electrons. The van der Waals surface area contributed by atoms with Crippen LogP contribution in [0, 0.1) is 6.92 Å². The first kappa shape index (κ1) is 23.7. The molecule has 174 valence electrons. The van der Waals surface area contributed by atoms with Crippen molar-refractivity contribution in [3.8, 4) is 5.75 Å². The molecule has 0 aliphatic carbocycles. The highest BCUT2D eigenvalue weighted by molar-refractivity contribution is 6.41. The number of carbonyl (C=O) groups excluding carboxylic acids is 3. The van der Waals surface area contributed by atoms with Crippen molar-refractivity contribution in [2.75, 3.05) is 5.32 Å². The monoisotopic (exact) mass is 485 g/mol. The van der Waals surface area contributed by atoms with Gasteiger partial charge in [0.1, 0.15) is 5.75 Å². The third-order valence-electron chi connectivity index (χ3n) is 5.08. The molecule has 0 heterocycles. The molecule has 8 heteroatoms. The standard InChI is InChI=1S/C27H20ClN3O4/c1-17-7-6-9-19(15-17)27(34)35-24-14-13-18-8-2-3-10-20(18)21(24)16-29-31-26(33)25(32)30-23-12-5-4-11-22(23)28/h2-16H,1H3,(H,30,32)(H,31,33). The van der Waals surface area contributed by atoms with Gasteiger partial charge in [0.2, 0.25) is 0 Å². The van der Waals surface area contributed by atoms with Crippen LogP contribution in [0.3, 0.4) is 0 Å². The SMILES string of the molecule is Cc1cccc(C(=O)Oc2ccc3ccccc3c2C=NNC(=O)C(=O)Nc2ccccc2Cl)c1. The number of hydrogen-bond acceptors (Lipinski definition) is 5. The number of hydrogen-bond donors (Lipinski definition) is 2. The number of nitrogens with one attached hydrogen (secondary N) is 2. The lowest BCUT2D eigenvalue weighted by atomic mass is 10.0. The van der Waals surface area contributed by atoms with E-state index in [4.69, 9.17) is 16.3 Å². The van der Waals surface area contributed by atoms with Crippen LogP contribution in [-0.2, 0) is 9.59 Å². The number of benzene rings is 4. The number of nitrogens with zero attached hydrogens (tertiary/aromatic N) is 1. The van der Waals surface area contributed by atoms with Gasteiger partial charge in [-0.15, -0.1) is 0 Å². The van der Waals surface area contributed by atoms with Crippen molar-refractivity contribution in [2.24, 2.45) is 5.10 Å². The smallest absolute Gasteiger partial charge is 0.343 e. The minimum atomic E-state index is -0.986. The number of halogens is 1. The second-order valence-corrected chi connectivity index (χ2v) is 8.00. The van der Waals surface area contributed by atoms with E-state index in [2.05, 4.69) is 15.8 Å². The van der Waals surface area contributed by atoms with Gasteiger partial charge in [0.15, 0.2) is 0 Å². The molecule has 0 aromatic heterocycles. The lowest BCUT2D eigenvalue weighted by molar-refractivity contribution is -0.136. The van der Waals surface area contributed by atoms with Gasteiger partial charge in [-0.2, -0.15) is 5.10 Å². The van der Waals surface area contributed by atoms with Gasteiger partial charge in [0.05, 0.1) is 22.5 Å². The maximum Gasteiger partial charge on any atom is 0.343 e. The van der Waals surface area contributed by atoms with Crippen LogP contribution in [0.15, 0.2) is 90.0 Å². The molecule has 2 amide bonds. The molecular formula is C27H20ClN3O4. The van der Waals surface area contributed by atoms with Crippen LogP contribution in [0.5, 0.6) is 5.75 Å². The lowest BCUT2D eigenvalue weighted by Gasteiger charge is -2.11. The molecule has 0 saturated heterocycles. The minimum absolute atomic E-state index is 0.258. The van der Waals surface area contributed by atoms with Crippen molar-refractivity contribution in [1.29, 1.82) is 0 Å². The van der Waals surface area contributed by atoms with E-state index in [-0.39, 0.29) is 5.75 Å². The second kappa shape index (κ2) is 10.6. The Hall–Kier alpha value is -4.49. The fourth-order valence-corrected chi connectivity index (χ4v) is 3.56. The average molecular weight is 486 g/mol. The fourth-order valence-electron chi connectivity index (χ4n) is 3.38. The van der Waals surface area contributed by atoms with Crippen LogP contribution < -0.4 is 15.5 Å². The molecule has 0 aliphatic heterocycles. The van der Waals surface area contributed by atoms with E-state index in [1.807, 2.05) is 43.3 Å². The summed E-state index contributed by atoms with van der Waals surface area (Å²) in [6.07, 6.45) is 1.34. The largest absolute Gasteiger partial charge is 0.422 e. The Labute approximate surface area is 206 Å². The summed E-state index contributed by atoms with van der Waals surface area (Å²) in [4.78, 5) is 37.1. The molecule has 0 atom stereocenters. The number of aryl methyl sites for hydroxylation is 1. The van der Waals surface area contributed by atoms with Crippen molar-refractivity contribution in [3.05, 3.63) is 107 Å². The topological polar surface area (TPSA) is 96.9 Å². The summed E-state index contributed by atoms with van der Waals surface area (Å²) in [7, 11) is 0. The first-order chi connectivity index (χ1) is 16.9. The maximum atomic E-state index is 12.7. The molecule has 0 aliphatic rings. The van der Waals surface area contributed by atoms with Crippen LogP contribution in [0.4, 0.5) is 5.69 Å². The summed E-state index contributed by atoms with van der Waals surface area (Å²) in [5.41, 5.74) is 4.30. The molecule has 0 saturated carbocycles. The van der Waals surface area contributed by atoms with Gasteiger partial charge < -0.3 is 10.1 Å². The molecule has 4 aromatic rings. The summed E-state index contributed by atoms with van der Waals surface area (Å²) in [5, 5.41) is 8.28. The summed E-state index contributed by atoms with van der Waals surface area (Å²) in [6, 6.07) is 24.5. The van der Waals surface area contributed by atoms with Crippen LogP contribution in [0.2, 0.25) is 5.02 Å². The van der Waals surface area contributed by atoms with Gasteiger partial charge in [0, 0.05) is 5.56 Å². The molecule has 35 heavy (non-hydrogen) atoms. The van der Waals surface area contributed by atoms with Crippen molar-refractivity contribution in [1.82, 2.24) is 5.43 Å². The second-order valence-electron chi connectivity index (χ2n) is 7.59. The predicted octanol–water partition coefficient (Wildman–Crippen LogP) is 5.11. The van der Waals surface area contributed by atoms with E-state index >= 15 is 0 Å². The number of hydrazone groups is 1. The zero-order chi connectivity index (χ0) is 24.8. The maximum absolute atomic E-state index is 12.7. The zero-order valence-electron chi connectivity index (χ0n) is 18.6. The van der Waals surface area contributed by atoms with Gasteiger partial charge in [-0.3, -0.25) is 9.59 Å². The van der Waals surface area contributed by atoms with Crippen molar-refractivity contribution in [2.45, 2.75) is 6.92 Å². The number of rotatable bonds is 5. The van der Waals surface area contributed by atoms with Gasteiger partial charge in [-0.25, -0.2) is 10.2 Å². The van der Waals surface area contributed by atoms with Gasteiger partial charge in [-0.1, -0.05) is 71.8 Å². The van der Waals surface area contributed by atoms with E-state index in [0.29, 0.717) is 21.8 Å². The third-order valence-corrected chi connectivity index (χ3v) is 5.40. The first-order valence-electron chi connectivity index (χ1n) is 10.6. The molecule has 2 N–H and O–H groups in total. The van der Waals surface area contributed by atoms with Crippen molar-refractivity contribution < 1.29 is 19.1 Å². The molecule has 0 bridgehead atoms. The molecule has 4 rings (SSSR count). The average Bonchev–Trinajstić information content (AvgIpc) is 2.86. The third kappa shape index (κ3) is 5.72. The predicted molar refractivity (Wildman–Crippen MR) is 136 cm³/mol. The highest BCUT2D eigenvalue weighted by atomic mass is 35.5. The van der Waals surface area contributed by atoms with Crippen LogP contribution in [-0.4, -0.2) is 24.0 Å². The van der Waals surface area contributed by atoms with E-state index in [9.17, 15) is 14.4 Å². The van der Waals surface area contributed by atoms with E-state index < -0.39 is 17.8 Å². The Morgan fingerprint density at radius 1 is 0.886 bits per heavy atom. The van der Waals surface area contributed by atoms with Crippen LogP contribution in [0.25, 0.3) is 10.8 Å². The van der Waals surface area contributed by atoms with Crippen LogP contribution >= 0.6 is 11.6 Å². The van der Waals surface area contributed by atoms with E-state index in [0.717, 1.165) is 16.3 Å². The Balaban J connectivity index is 1.55. The first-order valence-corrected chi connectivity index (χ1v) is 11.0. The highest BCUT2D eigenvalue weighted by Gasteiger charge is 2.16. The molecule has 7 nitrogen and oxygen atoms in total.